The number of aromatic nitrogens is 1. The largest absolute Gasteiger partial charge is 0.391 e. The zero-order valence-electron chi connectivity index (χ0n) is 9.84. The number of urea groups is 1. The fraction of sp³-hybridized carbons (Fsp3) is 0.500. The van der Waals surface area contributed by atoms with Gasteiger partial charge in [0.2, 0.25) is 0 Å². The number of rotatable bonds is 4. The molecular weight excluding hydrogens is 218 g/mol. The van der Waals surface area contributed by atoms with Crippen molar-refractivity contribution in [2.24, 2.45) is 5.92 Å². The fourth-order valence-corrected chi connectivity index (χ4v) is 1.65. The first-order valence-corrected chi connectivity index (χ1v) is 5.77. The maximum Gasteiger partial charge on any atom is 0.321 e. The highest BCUT2D eigenvalue weighted by Gasteiger charge is 2.31. The van der Waals surface area contributed by atoms with E-state index in [2.05, 4.69) is 10.3 Å². The highest BCUT2D eigenvalue weighted by Crippen LogP contribution is 2.32. The van der Waals surface area contributed by atoms with Crippen molar-refractivity contribution >= 4 is 11.7 Å². The Labute approximate surface area is 100 Å². The van der Waals surface area contributed by atoms with E-state index >= 15 is 0 Å². The van der Waals surface area contributed by atoms with Crippen LogP contribution in [0.1, 0.15) is 12.8 Å². The molecule has 1 heterocycles. The molecule has 1 unspecified atom stereocenters. The molecule has 1 aliphatic rings. The van der Waals surface area contributed by atoms with E-state index in [1.807, 2.05) is 0 Å². The third kappa shape index (κ3) is 3.42. The quantitative estimate of drug-likeness (QED) is 0.827. The Morgan fingerprint density at radius 3 is 2.82 bits per heavy atom. The van der Waals surface area contributed by atoms with Gasteiger partial charge in [-0.25, -0.2) is 4.79 Å². The molecule has 1 aromatic rings. The molecule has 17 heavy (non-hydrogen) atoms. The minimum Gasteiger partial charge on any atom is -0.391 e. The van der Waals surface area contributed by atoms with Crippen LogP contribution in [0.15, 0.2) is 24.5 Å². The average Bonchev–Trinajstić information content (AvgIpc) is 3.14. The van der Waals surface area contributed by atoms with Crippen molar-refractivity contribution in [2.75, 3.05) is 18.9 Å². The average molecular weight is 235 g/mol. The molecular formula is C12H17N3O2. The summed E-state index contributed by atoms with van der Waals surface area (Å²) in [6.45, 7) is 0.377. The zero-order valence-corrected chi connectivity index (χ0v) is 9.84. The molecule has 0 spiro atoms. The van der Waals surface area contributed by atoms with Crippen molar-refractivity contribution < 1.29 is 9.90 Å². The van der Waals surface area contributed by atoms with Gasteiger partial charge in [-0.3, -0.25) is 4.98 Å². The van der Waals surface area contributed by atoms with E-state index in [1.165, 1.54) is 4.90 Å². The number of nitrogens with one attached hydrogen (secondary N) is 1. The Morgan fingerprint density at radius 1 is 1.59 bits per heavy atom. The van der Waals surface area contributed by atoms with E-state index in [1.54, 1.807) is 31.6 Å². The van der Waals surface area contributed by atoms with Gasteiger partial charge in [0.25, 0.3) is 0 Å². The second-order valence-corrected chi connectivity index (χ2v) is 4.45. The Hall–Kier alpha value is -1.62. The van der Waals surface area contributed by atoms with Crippen molar-refractivity contribution in [1.29, 1.82) is 0 Å². The molecule has 1 fully saturated rings. The van der Waals surface area contributed by atoms with Gasteiger partial charge in [-0.1, -0.05) is 0 Å². The first kappa shape index (κ1) is 11.9. The smallest absolute Gasteiger partial charge is 0.321 e. The maximum atomic E-state index is 11.8. The van der Waals surface area contributed by atoms with E-state index < -0.39 is 6.10 Å². The molecule has 0 aromatic carbocycles. The van der Waals surface area contributed by atoms with Gasteiger partial charge in [0.15, 0.2) is 0 Å². The van der Waals surface area contributed by atoms with Crippen LogP contribution in [0.4, 0.5) is 10.5 Å². The van der Waals surface area contributed by atoms with Gasteiger partial charge in [0, 0.05) is 31.7 Å². The predicted octanol–water partition coefficient (Wildman–Crippen LogP) is 1.32. The van der Waals surface area contributed by atoms with Crippen molar-refractivity contribution in [3.05, 3.63) is 24.5 Å². The molecule has 0 radical (unpaired) electrons. The van der Waals surface area contributed by atoms with Crippen molar-refractivity contribution in [1.82, 2.24) is 9.88 Å². The highest BCUT2D eigenvalue weighted by molar-refractivity contribution is 5.88. The monoisotopic (exact) mass is 235 g/mol. The van der Waals surface area contributed by atoms with Gasteiger partial charge in [-0.15, -0.1) is 0 Å². The Morgan fingerprint density at radius 2 is 2.24 bits per heavy atom. The highest BCUT2D eigenvalue weighted by atomic mass is 16.3. The normalized spacial score (nSPS) is 16.4. The third-order valence-corrected chi connectivity index (χ3v) is 2.91. The molecule has 1 aliphatic carbocycles. The summed E-state index contributed by atoms with van der Waals surface area (Å²) >= 11 is 0. The van der Waals surface area contributed by atoms with Crippen LogP contribution in [0.2, 0.25) is 0 Å². The second-order valence-electron chi connectivity index (χ2n) is 4.45. The van der Waals surface area contributed by atoms with E-state index in [0.29, 0.717) is 18.2 Å². The van der Waals surface area contributed by atoms with Crippen LogP contribution in [-0.2, 0) is 0 Å². The summed E-state index contributed by atoms with van der Waals surface area (Å²) < 4.78 is 0. The molecule has 5 nitrogen and oxygen atoms in total. The Kier molecular flexibility index (Phi) is 3.58. The third-order valence-electron chi connectivity index (χ3n) is 2.91. The lowest BCUT2D eigenvalue weighted by atomic mass is 10.2. The molecule has 5 heteroatoms. The van der Waals surface area contributed by atoms with Gasteiger partial charge in [0.05, 0.1) is 6.10 Å². The molecule has 0 saturated heterocycles. The van der Waals surface area contributed by atoms with Crippen molar-refractivity contribution in [3.63, 3.8) is 0 Å². The number of hydrogen-bond donors (Lipinski definition) is 2. The van der Waals surface area contributed by atoms with Crippen LogP contribution in [0.3, 0.4) is 0 Å². The summed E-state index contributed by atoms with van der Waals surface area (Å²) in [4.78, 5) is 17.2. The maximum absolute atomic E-state index is 11.8. The van der Waals surface area contributed by atoms with E-state index in [9.17, 15) is 9.90 Å². The van der Waals surface area contributed by atoms with E-state index in [-0.39, 0.29) is 6.03 Å². The van der Waals surface area contributed by atoms with Gasteiger partial charge in [-0.05, 0) is 30.9 Å². The molecule has 1 saturated carbocycles. The van der Waals surface area contributed by atoms with Gasteiger partial charge < -0.3 is 15.3 Å². The number of pyridine rings is 1. The number of nitrogens with zero attached hydrogens (tertiary/aromatic N) is 2. The lowest BCUT2D eigenvalue weighted by Gasteiger charge is -2.21. The molecule has 1 atom stereocenters. The Bertz CT molecular complexity index is 379. The predicted molar refractivity (Wildman–Crippen MR) is 64.6 cm³/mol. The number of anilines is 1. The lowest BCUT2D eigenvalue weighted by Crippen LogP contribution is -2.37. The number of aliphatic hydroxyl groups excluding tert-OH is 1. The standard InChI is InChI=1S/C12H17N3O2/c1-15(8-11(16)9-2-3-9)12(17)14-10-4-6-13-7-5-10/h4-7,9,11,16H,2-3,8H2,1H3,(H,13,14,17). The molecule has 2 N–H and O–H groups in total. The van der Waals surface area contributed by atoms with E-state index in [0.717, 1.165) is 12.8 Å². The minimum absolute atomic E-state index is 0.212. The van der Waals surface area contributed by atoms with Crippen molar-refractivity contribution in [3.8, 4) is 0 Å². The van der Waals surface area contributed by atoms with Crippen LogP contribution < -0.4 is 5.32 Å². The van der Waals surface area contributed by atoms with Crippen LogP contribution in [0.25, 0.3) is 0 Å². The van der Waals surface area contributed by atoms with Crippen molar-refractivity contribution in [2.45, 2.75) is 18.9 Å². The Balaban J connectivity index is 1.82. The minimum atomic E-state index is -0.400. The second kappa shape index (κ2) is 5.14. The number of aliphatic hydroxyl groups is 1. The molecule has 1 aromatic heterocycles. The number of amides is 2. The number of likely N-dealkylation sites (N-methyl/N-ethyl adjacent to an activating group) is 1. The molecule has 92 valence electrons. The molecule has 2 amide bonds. The summed E-state index contributed by atoms with van der Waals surface area (Å²) in [5.74, 6) is 0.381. The summed E-state index contributed by atoms with van der Waals surface area (Å²) in [6, 6.07) is 3.24. The van der Waals surface area contributed by atoms with Crippen LogP contribution in [0.5, 0.6) is 0 Å². The summed E-state index contributed by atoms with van der Waals surface area (Å²) in [5, 5.41) is 12.5. The molecule has 0 bridgehead atoms. The van der Waals surface area contributed by atoms with Gasteiger partial charge >= 0.3 is 6.03 Å². The SMILES string of the molecule is CN(CC(O)C1CC1)C(=O)Nc1ccncc1. The molecule has 2 rings (SSSR count). The number of carbonyl (C=O) groups excluding carboxylic acids is 1. The van der Waals surface area contributed by atoms with Crippen LogP contribution in [0, 0.1) is 5.92 Å². The topological polar surface area (TPSA) is 65.5 Å². The van der Waals surface area contributed by atoms with Gasteiger partial charge in [0.1, 0.15) is 0 Å². The first-order valence-electron chi connectivity index (χ1n) is 5.77. The summed E-state index contributed by atoms with van der Waals surface area (Å²) in [7, 11) is 1.68. The first-order chi connectivity index (χ1) is 8.16. The fourth-order valence-electron chi connectivity index (χ4n) is 1.65. The molecule has 0 aliphatic heterocycles. The lowest BCUT2D eigenvalue weighted by molar-refractivity contribution is 0.117. The van der Waals surface area contributed by atoms with Gasteiger partial charge in [-0.2, -0.15) is 0 Å². The van der Waals surface area contributed by atoms with E-state index in [4.69, 9.17) is 0 Å². The zero-order chi connectivity index (χ0) is 12.3. The number of carbonyl (C=O) groups is 1. The summed E-state index contributed by atoms with van der Waals surface area (Å²) in [6.07, 6.45) is 4.98. The van der Waals surface area contributed by atoms with Crippen LogP contribution in [-0.4, -0.2) is 40.7 Å². The summed E-state index contributed by atoms with van der Waals surface area (Å²) in [5.41, 5.74) is 0.706. The number of hydrogen-bond acceptors (Lipinski definition) is 3. The van der Waals surface area contributed by atoms with Crippen LogP contribution >= 0.6 is 0 Å².